The van der Waals surface area contributed by atoms with Crippen LogP contribution >= 0.6 is 11.3 Å². The smallest absolute Gasteiger partial charge is 0.304 e. The minimum absolute atomic E-state index is 0.0190. The Hall–Kier alpha value is -1.39. The molecule has 1 aromatic heterocycles. The summed E-state index contributed by atoms with van der Waals surface area (Å²) in [4.78, 5) is 16.2. The molecule has 0 radical (unpaired) electrons. The van der Waals surface area contributed by atoms with Crippen LogP contribution in [0, 0.1) is 0 Å². The molecule has 0 spiro atoms. The van der Waals surface area contributed by atoms with E-state index >= 15 is 0 Å². The van der Waals surface area contributed by atoms with E-state index in [1.807, 2.05) is 23.6 Å². The van der Waals surface area contributed by atoms with E-state index in [0.29, 0.717) is 6.04 Å². The second-order valence-electron chi connectivity index (χ2n) is 4.27. The van der Waals surface area contributed by atoms with Crippen LogP contribution in [0.15, 0.2) is 40.5 Å². The standard InChI is InChI=1S/C13H16N2OS/c1-15(2)12(10-6-4-3-5-7-10)8-11-9-17-13(16)14-11/h3-7,9,12H,8H2,1-2H3,(H,14,16). The molecule has 0 fully saturated rings. The fourth-order valence-electron chi connectivity index (χ4n) is 1.90. The van der Waals surface area contributed by atoms with E-state index < -0.39 is 0 Å². The largest absolute Gasteiger partial charge is 0.317 e. The number of aromatic nitrogens is 1. The van der Waals surface area contributed by atoms with Crippen LogP contribution in [0.1, 0.15) is 17.3 Å². The zero-order chi connectivity index (χ0) is 12.3. The average molecular weight is 248 g/mol. The third-order valence-electron chi connectivity index (χ3n) is 2.79. The molecule has 0 aliphatic carbocycles. The molecule has 0 bridgehead atoms. The Morgan fingerprint density at radius 2 is 2.00 bits per heavy atom. The van der Waals surface area contributed by atoms with Crippen LogP contribution < -0.4 is 4.87 Å². The second kappa shape index (κ2) is 5.29. The normalized spacial score (nSPS) is 12.9. The molecule has 2 aromatic rings. The minimum atomic E-state index is 0.0190. The monoisotopic (exact) mass is 248 g/mol. The third kappa shape index (κ3) is 3.05. The summed E-state index contributed by atoms with van der Waals surface area (Å²) in [6.07, 6.45) is 0.829. The minimum Gasteiger partial charge on any atom is -0.317 e. The molecule has 2 rings (SSSR count). The van der Waals surface area contributed by atoms with Crippen LogP contribution in [0.3, 0.4) is 0 Å². The zero-order valence-electron chi connectivity index (χ0n) is 10.0. The lowest BCUT2D eigenvalue weighted by atomic mass is 10.0. The molecule has 90 valence electrons. The highest BCUT2D eigenvalue weighted by atomic mass is 32.1. The molecule has 1 atom stereocenters. The van der Waals surface area contributed by atoms with Gasteiger partial charge >= 0.3 is 4.87 Å². The van der Waals surface area contributed by atoms with Gasteiger partial charge in [0.1, 0.15) is 0 Å². The first kappa shape index (κ1) is 12.1. The SMILES string of the molecule is CN(C)C(Cc1csc(=O)[nH]1)c1ccccc1. The van der Waals surface area contributed by atoms with Crippen molar-refractivity contribution in [3.63, 3.8) is 0 Å². The van der Waals surface area contributed by atoms with Gasteiger partial charge in [-0.2, -0.15) is 0 Å². The molecule has 1 heterocycles. The zero-order valence-corrected chi connectivity index (χ0v) is 10.8. The molecule has 0 saturated carbocycles. The summed E-state index contributed by atoms with van der Waals surface area (Å²) in [5.41, 5.74) is 2.27. The number of thiazole rings is 1. The number of likely N-dealkylation sites (N-methyl/N-ethyl adjacent to an activating group) is 1. The Kier molecular flexibility index (Phi) is 3.76. The maximum atomic E-state index is 11.1. The summed E-state index contributed by atoms with van der Waals surface area (Å²) in [5, 5.41) is 1.90. The van der Waals surface area contributed by atoms with E-state index in [-0.39, 0.29) is 4.87 Å². The van der Waals surface area contributed by atoms with E-state index in [4.69, 9.17) is 0 Å². The van der Waals surface area contributed by atoms with Gasteiger partial charge < -0.3 is 9.88 Å². The van der Waals surface area contributed by atoms with Crippen molar-refractivity contribution >= 4 is 11.3 Å². The summed E-state index contributed by atoms with van der Waals surface area (Å²) in [6, 6.07) is 10.6. The van der Waals surface area contributed by atoms with Crippen LogP contribution in [0.25, 0.3) is 0 Å². The molecule has 1 aromatic carbocycles. The van der Waals surface area contributed by atoms with Crippen LogP contribution in [-0.4, -0.2) is 24.0 Å². The van der Waals surface area contributed by atoms with Crippen LogP contribution in [0.4, 0.5) is 0 Å². The van der Waals surface area contributed by atoms with Gasteiger partial charge in [-0.05, 0) is 19.7 Å². The van der Waals surface area contributed by atoms with Gasteiger partial charge in [0.05, 0.1) is 0 Å². The van der Waals surface area contributed by atoms with Gasteiger partial charge in [-0.3, -0.25) is 4.79 Å². The van der Waals surface area contributed by atoms with Gasteiger partial charge in [0.15, 0.2) is 0 Å². The van der Waals surface area contributed by atoms with Gasteiger partial charge in [0, 0.05) is 23.5 Å². The van der Waals surface area contributed by atoms with Crippen molar-refractivity contribution in [2.24, 2.45) is 0 Å². The van der Waals surface area contributed by atoms with Crippen molar-refractivity contribution in [2.45, 2.75) is 12.5 Å². The lowest BCUT2D eigenvalue weighted by Gasteiger charge is -2.24. The molecule has 1 N–H and O–H groups in total. The molecule has 1 unspecified atom stereocenters. The van der Waals surface area contributed by atoms with Crippen molar-refractivity contribution in [3.05, 3.63) is 56.6 Å². The van der Waals surface area contributed by atoms with E-state index in [1.165, 1.54) is 16.9 Å². The van der Waals surface area contributed by atoms with Gasteiger partial charge in [-0.25, -0.2) is 0 Å². The Labute approximate surface area is 105 Å². The van der Waals surface area contributed by atoms with Crippen LogP contribution in [0.5, 0.6) is 0 Å². The first-order valence-electron chi connectivity index (χ1n) is 5.55. The summed E-state index contributed by atoms with van der Waals surface area (Å²) < 4.78 is 0. The van der Waals surface area contributed by atoms with Gasteiger partial charge in [-0.1, -0.05) is 41.7 Å². The molecule has 3 nitrogen and oxygen atoms in total. The predicted octanol–water partition coefficient (Wildman–Crippen LogP) is 2.28. The van der Waals surface area contributed by atoms with Gasteiger partial charge in [0.25, 0.3) is 0 Å². The number of rotatable bonds is 4. The average Bonchev–Trinajstić information content (AvgIpc) is 2.73. The maximum absolute atomic E-state index is 11.1. The third-order valence-corrected chi connectivity index (χ3v) is 3.51. The van der Waals surface area contributed by atoms with Crippen LogP contribution in [-0.2, 0) is 6.42 Å². The lowest BCUT2D eigenvalue weighted by molar-refractivity contribution is 0.296. The number of nitrogens with zero attached hydrogens (tertiary/aromatic N) is 1. The first-order valence-corrected chi connectivity index (χ1v) is 6.43. The molecule has 17 heavy (non-hydrogen) atoms. The molecule has 0 amide bonds. The summed E-state index contributed by atoms with van der Waals surface area (Å²) >= 11 is 1.22. The Morgan fingerprint density at radius 1 is 1.29 bits per heavy atom. The highest BCUT2D eigenvalue weighted by Gasteiger charge is 2.15. The second-order valence-corrected chi connectivity index (χ2v) is 5.11. The first-order chi connectivity index (χ1) is 8.16. The Balaban J connectivity index is 2.22. The van der Waals surface area contributed by atoms with Crippen molar-refractivity contribution < 1.29 is 0 Å². The fourth-order valence-corrected chi connectivity index (χ4v) is 2.49. The molecule has 0 aliphatic rings. The number of hydrogen-bond acceptors (Lipinski definition) is 3. The summed E-state index contributed by atoms with van der Waals surface area (Å²) in [6.45, 7) is 0. The van der Waals surface area contributed by atoms with Crippen LogP contribution in [0.2, 0.25) is 0 Å². The molecular weight excluding hydrogens is 232 g/mol. The fraction of sp³-hybridized carbons (Fsp3) is 0.308. The molecular formula is C13H16N2OS. The van der Waals surface area contributed by atoms with E-state index in [2.05, 4.69) is 36.1 Å². The van der Waals surface area contributed by atoms with E-state index in [0.717, 1.165) is 12.1 Å². The summed E-state index contributed by atoms with van der Waals surface area (Å²) in [5.74, 6) is 0. The topological polar surface area (TPSA) is 36.1 Å². The van der Waals surface area contributed by atoms with Gasteiger partial charge in [-0.15, -0.1) is 0 Å². The molecule has 0 aliphatic heterocycles. The van der Waals surface area contributed by atoms with Crippen molar-refractivity contribution in [1.82, 2.24) is 9.88 Å². The highest BCUT2D eigenvalue weighted by molar-refractivity contribution is 7.07. The number of benzene rings is 1. The van der Waals surface area contributed by atoms with Crippen molar-refractivity contribution in [1.29, 1.82) is 0 Å². The van der Waals surface area contributed by atoms with E-state index in [1.54, 1.807) is 0 Å². The predicted molar refractivity (Wildman–Crippen MR) is 71.5 cm³/mol. The highest BCUT2D eigenvalue weighted by Crippen LogP contribution is 2.21. The number of nitrogens with one attached hydrogen (secondary N) is 1. The molecule has 0 saturated heterocycles. The van der Waals surface area contributed by atoms with E-state index in [9.17, 15) is 4.79 Å². The number of aromatic amines is 1. The molecule has 4 heteroatoms. The van der Waals surface area contributed by atoms with Gasteiger partial charge in [0.2, 0.25) is 0 Å². The quantitative estimate of drug-likeness (QED) is 0.901. The van der Waals surface area contributed by atoms with Crippen molar-refractivity contribution in [3.8, 4) is 0 Å². The number of hydrogen-bond donors (Lipinski definition) is 1. The Morgan fingerprint density at radius 3 is 2.53 bits per heavy atom. The summed E-state index contributed by atoms with van der Waals surface area (Å²) in [7, 11) is 4.12. The number of H-pyrrole nitrogens is 1. The lowest BCUT2D eigenvalue weighted by Crippen LogP contribution is -2.22. The Bertz CT molecular complexity index is 515. The van der Waals surface area contributed by atoms with Crippen molar-refractivity contribution in [2.75, 3.05) is 14.1 Å². The maximum Gasteiger partial charge on any atom is 0.304 e.